The molecule has 0 radical (unpaired) electrons. The third-order valence-electron chi connectivity index (χ3n) is 1.17. The van der Waals surface area contributed by atoms with Crippen LogP contribution in [0.2, 0.25) is 0 Å². The fraction of sp³-hybridized carbons (Fsp3) is 0.200. The number of hydrogen-bond donors (Lipinski definition) is 0. The maximum Gasteiger partial charge on any atom is 0.349 e. The molecule has 0 saturated carbocycles. The molecule has 1 aromatic rings. The highest BCUT2D eigenvalue weighted by Gasteiger charge is 2.17. The van der Waals surface area contributed by atoms with Crippen LogP contribution in [0.15, 0.2) is 11.4 Å². The van der Waals surface area contributed by atoms with Gasteiger partial charge in [-0.3, -0.25) is 10.1 Å². The van der Waals surface area contributed by atoms with Crippen molar-refractivity contribution in [3.8, 4) is 5.88 Å². The van der Waals surface area contributed by atoms with E-state index in [0.717, 1.165) is 17.2 Å². The molecule has 0 amide bonds. The number of halogens is 1. The first-order chi connectivity index (χ1) is 6.19. The fourth-order valence-corrected chi connectivity index (χ4v) is 1.09. The van der Waals surface area contributed by atoms with Gasteiger partial charge in [0, 0.05) is 11.0 Å². The van der Waals surface area contributed by atoms with Crippen molar-refractivity contribution in [1.82, 2.24) is 9.97 Å². The van der Waals surface area contributed by atoms with Gasteiger partial charge in [0.25, 0.3) is 5.88 Å². The molecule has 1 rings (SSSR count). The van der Waals surface area contributed by atoms with Gasteiger partial charge >= 0.3 is 5.69 Å². The number of rotatable bonds is 3. The second-order valence-electron chi connectivity index (χ2n) is 1.88. The summed E-state index contributed by atoms with van der Waals surface area (Å²) in [5.41, 5.74) is -0.281. The molecule has 0 atom stereocenters. The second kappa shape index (κ2) is 4.24. The van der Waals surface area contributed by atoms with E-state index in [9.17, 15) is 10.1 Å². The molecule has 6 nitrogen and oxygen atoms in total. The highest BCUT2D eigenvalue weighted by Crippen LogP contribution is 2.26. The lowest BCUT2D eigenvalue weighted by Gasteiger charge is -1.99. The zero-order valence-electron chi connectivity index (χ0n) is 6.43. The van der Waals surface area contributed by atoms with E-state index < -0.39 is 4.92 Å². The molecule has 0 aliphatic carbocycles. The largest absolute Gasteiger partial charge is 0.476 e. The number of aromatic nitrogens is 2. The minimum absolute atomic E-state index is 0.0943. The number of nitrogens with zero attached hydrogens (tertiary/aromatic N) is 3. The molecule has 0 saturated heterocycles. The molecule has 8 heteroatoms. The van der Waals surface area contributed by atoms with Gasteiger partial charge in [-0.15, -0.1) is 0 Å². The SMILES string of the molecule is COc1nc(SCl)ncc1[N+](=O)[O-]. The molecule has 0 aliphatic rings. The topological polar surface area (TPSA) is 78.2 Å². The van der Waals surface area contributed by atoms with E-state index in [1.807, 2.05) is 0 Å². The molecule has 0 unspecified atom stereocenters. The van der Waals surface area contributed by atoms with Gasteiger partial charge < -0.3 is 4.74 Å². The van der Waals surface area contributed by atoms with Gasteiger partial charge in [0.15, 0.2) is 0 Å². The quantitative estimate of drug-likeness (QED) is 0.439. The Bertz CT molecular complexity index is 335. The first-order valence-corrected chi connectivity index (χ1v) is 4.67. The number of hydrogen-bond acceptors (Lipinski definition) is 6. The molecule has 0 aromatic carbocycles. The Morgan fingerprint density at radius 3 is 2.92 bits per heavy atom. The van der Waals surface area contributed by atoms with Crippen LogP contribution in [0.5, 0.6) is 5.88 Å². The highest BCUT2D eigenvalue weighted by molar-refractivity contribution is 8.21. The minimum atomic E-state index is -0.624. The van der Waals surface area contributed by atoms with E-state index in [1.54, 1.807) is 0 Å². The third kappa shape index (κ3) is 2.19. The number of nitro groups is 1. The van der Waals surface area contributed by atoms with Crippen molar-refractivity contribution < 1.29 is 9.66 Å². The summed E-state index contributed by atoms with van der Waals surface area (Å²) in [7, 11) is 7.41. The molecular weight excluding hydrogens is 218 g/mol. The van der Waals surface area contributed by atoms with Gasteiger partial charge in [0.1, 0.15) is 6.20 Å². The van der Waals surface area contributed by atoms with Crippen molar-refractivity contribution in [2.24, 2.45) is 0 Å². The van der Waals surface area contributed by atoms with Crippen LogP contribution in [0.4, 0.5) is 5.69 Å². The van der Waals surface area contributed by atoms with Crippen molar-refractivity contribution in [3.63, 3.8) is 0 Å². The number of methoxy groups -OCH3 is 1. The van der Waals surface area contributed by atoms with Gasteiger partial charge in [-0.05, 0) is 10.7 Å². The zero-order chi connectivity index (χ0) is 9.84. The summed E-state index contributed by atoms with van der Waals surface area (Å²) >= 11 is 0. The minimum Gasteiger partial charge on any atom is -0.476 e. The maximum atomic E-state index is 10.4. The van der Waals surface area contributed by atoms with E-state index in [1.165, 1.54) is 7.11 Å². The summed E-state index contributed by atoms with van der Waals surface area (Å²) in [6.45, 7) is 0. The van der Waals surface area contributed by atoms with Gasteiger partial charge in [-0.2, -0.15) is 4.98 Å². The summed E-state index contributed by atoms with van der Waals surface area (Å²) in [6.07, 6.45) is 1.05. The van der Waals surface area contributed by atoms with Crippen LogP contribution in [-0.4, -0.2) is 22.0 Å². The first kappa shape index (κ1) is 10.0. The lowest BCUT2D eigenvalue weighted by Crippen LogP contribution is -1.98. The Hall–Kier alpha value is -1.08. The molecule has 70 valence electrons. The highest BCUT2D eigenvalue weighted by atomic mass is 35.7. The van der Waals surface area contributed by atoms with Gasteiger partial charge in [0.05, 0.1) is 12.0 Å². The average Bonchev–Trinajstić information content (AvgIpc) is 2.16. The molecule has 0 spiro atoms. The van der Waals surface area contributed by atoms with Crippen molar-refractivity contribution >= 4 is 27.3 Å². The second-order valence-corrected chi connectivity index (χ2v) is 2.86. The molecular formula is C5H4ClN3O3S. The van der Waals surface area contributed by atoms with Crippen LogP contribution in [0.3, 0.4) is 0 Å². The normalized spacial score (nSPS) is 9.69. The van der Waals surface area contributed by atoms with Crippen LogP contribution in [0, 0.1) is 10.1 Å². The summed E-state index contributed by atoms with van der Waals surface area (Å²) < 4.78 is 4.68. The van der Waals surface area contributed by atoms with Crippen molar-refractivity contribution in [2.45, 2.75) is 5.16 Å². The molecule has 0 aliphatic heterocycles. The van der Waals surface area contributed by atoms with E-state index in [-0.39, 0.29) is 16.7 Å². The van der Waals surface area contributed by atoms with E-state index in [2.05, 4.69) is 14.7 Å². The summed E-state index contributed by atoms with van der Waals surface area (Å²) in [6, 6.07) is 0. The Morgan fingerprint density at radius 2 is 2.46 bits per heavy atom. The molecule has 1 heterocycles. The average molecular weight is 222 g/mol. The summed E-state index contributed by atoms with van der Waals surface area (Å²) in [5, 5.41) is 10.6. The standard InChI is InChI=1S/C5H4ClN3O3S/c1-12-4-3(9(10)11)2-7-5(8-4)13-6/h2H,1H3. The predicted molar refractivity (Wildman–Crippen MR) is 46.9 cm³/mol. The van der Waals surface area contributed by atoms with Crippen LogP contribution < -0.4 is 4.74 Å². The van der Waals surface area contributed by atoms with Crippen LogP contribution in [-0.2, 0) is 0 Å². The van der Waals surface area contributed by atoms with Crippen molar-refractivity contribution in [3.05, 3.63) is 16.3 Å². The third-order valence-corrected chi connectivity index (χ3v) is 1.92. The Kier molecular flexibility index (Phi) is 3.26. The molecule has 0 bridgehead atoms. The summed E-state index contributed by atoms with van der Waals surface area (Å²) in [4.78, 5) is 17.1. The van der Waals surface area contributed by atoms with Gasteiger partial charge in [-0.1, -0.05) is 0 Å². The van der Waals surface area contributed by atoms with Crippen LogP contribution in [0.25, 0.3) is 0 Å². The van der Waals surface area contributed by atoms with Gasteiger partial charge in [-0.25, -0.2) is 4.98 Å². The molecule has 13 heavy (non-hydrogen) atoms. The molecule has 0 fully saturated rings. The molecule has 1 aromatic heterocycles. The van der Waals surface area contributed by atoms with Gasteiger partial charge in [0.2, 0.25) is 5.16 Å². The van der Waals surface area contributed by atoms with Crippen molar-refractivity contribution in [2.75, 3.05) is 7.11 Å². The predicted octanol–water partition coefficient (Wildman–Crippen LogP) is 1.64. The smallest absolute Gasteiger partial charge is 0.349 e. The van der Waals surface area contributed by atoms with Crippen LogP contribution >= 0.6 is 21.7 Å². The van der Waals surface area contributed by atoms with E-state index >= 15 is 0 Å². The van der Waals surface area contributed by atoms with Crippen molar-refractivity contribution in [1.29, 1.82) is 0 Å². The summed E-state index contributed by atoms with van der Waals surface area (Å²) in [5.74, 6) is -0.0943. The Morgan fingerprint density at radius 1 is 1.77 bits per heavy atom. The maximum absolute atomic E-state index is 10.4. The van der Waals surface area contributed by atoms with E-state index in [0.29, 0.717) is 0 Å². The van der Waals surface area contributed by atoms with Crippen LogP contribution in [0.1, 0.15) is 0 Å². The lowest BCUT2D eigenvalue weighted by atomic mass is 10.5. The number of ether oxygens (including phenoxy) is 1. The van der Waals surface area contributed by atoms with E-state index in [4.69, 9.17) is 10.7 Å². The Labute approximate surface area is 81.9 Å². The Balaban J connectivity index is 3.15. The lowest BCUT2D eigenvalue weighted by molar-refractivity contribution is -0.386. The fourth-order valence-electron chi connectivity index (χ4n) is 0.657. The molecule has 0 N–H and O–H groups in total. The zero-order valence-corrected chi connectivity index (χ0v) is 8.00. The first-order valence-electron chi connectivity index (χ1n) is 3.03. The monoisotopic (exact) mass is 221 g/mol.